The highest BCUT2D eigenvalue weighted by atomic mass is 16.5. The van der Waals surface area contributed by atoms with Gasteiger partial charge in [-0.3, -0.25) is 9.69 Å². The summed E-state index contributed by atoms with van der Waals surface area (Å²) in [7, 11) is 0. The topological polar surface area (TPSA) is 102 Å². The first-order chi connectivity index (χ1) is 17.4. The van der Waals surface area contributed by atoms with Gasteiger partial charge in [-0.1, -0.05) is 13.8 Å². The van der Waals surface area contributed by atoms with Crippen LogP contribution in [-0.2, 0) is 24.4 Å². The van der Waals surface area contributed by atoms with Gasteiger partial charge in [0, 0.05) is 24.2 Å². The molecule has 190 valence electrons. The first-order valence-corrected chi connectivity index (χ1v) is 12.7. The monoisotopic (exact) mass is 490 g/mol. The number of benzene rings is 1. The molecule has 4 aromatic rings. The molecule has 5 rings (SSSR count). The number of hydrogen-bond acceptors (Lipinski definition) is 7. The van der Waals surface area contributed by atoms with E-state index in [1.165, 1.54) is 5.56 Å². The van der Waals surface area contributed by atoms with Crippen molar-refractivity contribution in [2.24, 2.45) is 5.92 Å². The van der Waals surface area contributed by atoms with Crippen LogP contribution in [0.15, 0.2) is 45.8 Å². The second-order valence-corrected chi connectivity index (χ2v) is 10.2. The molecule has 1 aliphatic rings. The Morgan fingerprint density at radius 1 is 1.19 bits per heavy atom. The van der Waals surface area contributed by atoms with Crippen LogP contribution < -0.4 is 5.56 Å². The predicted octanol–water partition coefficient (Wildman–Crippen LogP) is 4.30. The van der Waals surface area contributed by atoms with Crippen molar-refractivity contribution < 1.29 is 9.15 Å². The van der Waals surface area contributed by atoms with E-state index in [4.69, 9.17) is 9.15 Å². The van der Waals surface area contributed by atoms with Gasteiger partial charge in [-0.05, 0) is 89.9 Å². The number of ether oxygens (including phenoxy) is 1. The van der Waals surface area contributed by atoms with E-state index in [2.05, 4.69) is 59.2 Å². The van der Waals surface area contributed by atoms with Crippen molar-refractivity contribution in [3.05, 3.63) is 75.2 Å². The summed E-state index contributed by atoms with van der Waals surface area (Å²) < 4.78 is 13.4. The molecule has 0 bridgehead atoms. The molecule has 0 spiro atoms. The molecule has 0 unspecified atom stereocenters. The molecule has 36 heavy (non-hydrogen) atoms. The van der Waals surface area contributed by atoms with Crippen LogP contribution in [-0.4, -0.2) is 42.8 Å². The normalized spacial score (nSPS) is 17.0. The van der Waals surface area contributed by atoms with E-state index >= 15 is 0 Å². The molecule has 0 saturated carbocycles. The average Bonchev–Trinajstić information content (AvgIpc) is 3.61. The number of nitrogens with one attached hydrogen (secondary N) is 1. The van der Waals surface area contributed by atoms with Gasteiger partial charge >= 0.3 is 0 Å². The van der Waals surface area contributed by atoms with Crippen LogP contribution in [0.2, 0.25) is 0 Å². The third-order valence-electron chi connectivity index (χ3n) is 7.10. The van der Waals surface area contributed by atoms with E-state index in [1.807, 2.05) is 28.9 Å². The van der Waals surface area contributed by atoms with Crippen LogP contribution >= 0.6 is 0 Å². The Hall–Kier alpha value is -3.30. The fourth-order valence-electron chi connectivity index (χ4n) is 5.13. The van der Waals surface area contributed by atoms with E-state index in [0.717, 1.165) is 47.5 Å². The van der Waals surface area contributed by atoms with Gasteiger partial charge in [0.1, 0.15) is 5.76 Å². The van der Waals surface area contributed by atoms with E-state index < -0.39 is 0 Å². The van der Waals surface area contributed by atoms with Crippen LogP contribution in [0.5, 0.6) is 0 Å². The summed E-state index contributed by atoms with van der Waals surface area (Å²) in [6.07, 6.45) is 3.86. The molecule has 1 fully saturated rings. The van der Waals surface area contributed by atoms with Crippen LogP contribution in [0.1, 0.15) is 61.0 Å². The number of aryl methyl sites for hydroxylation is 2. The zero-order valence-electron chi connectivity index (χ0n) is 21.4. The third-order valence-corrected chi connectivity index (χ3v) is 7.10. The lowest BCUT2D eigenvalue weighted by Gasteiger charge is -2.33. The second kappa shape index (κ2) is 10.4. The van der Waals surface area contributed by atoms with Crippen LogP contribution in [0.3, 0.4) is 0 Å². The fourth-order valence-corrected chi connectivity index (χ4v) is 5.13. The van der Waals surface area contributed by atoms with Gasteiger partial charge < -0.3 is 14.1 Å². The molecule has 0 radical (unpaired) electrons. The summed E-state index contributed by atoms with van der Waals surface area (Å²) in [6, 6.07) is 9.86. The number of hydrogen-bond donors (Lipinski definition) is 1. The predicted molar refractivity (Wildman–Crippen MR) is 136 cm³/mol. The van der Waals surface area contributed by atoms with Crippen LogP contribution in [0, 0.1) is 19.8 Å². The lowest BCUT2D eigenvalue weighted by Crippen LogP contribution is -2.35. The Bertz CT molecular complexity index is 1370. The summed E-state index contributed by atoms with van der Waals surface area (Å²) in [5, 5.41) is 13.8. The smallest absolute Gasteiger partial charge is 0.252 e. The number of fused-ring (bicyclic) bond motifs is 1. The van der Waals surface area contributed by atoms with E-state index in [9.17, 15) is 4.79 Å². The zero-order chi connectivity index (χ0) is 25.2. The van der Waals surface area contributed by atoms with Gasteiger partial charge in [0.25, 0.3) is 5.56 Å². The number of furan rings is 1. The number of pyridine rings is 1. The van der Waals surface area contributed by atoms with Crippen molar-refractivity contribution in [2.75, 3.05) is 6.61 Å². The average molecular weight is 491 g/mol. The van der Waals surface area contributed by atoms with Gasteiger partial charge in [0.15, 0.2) is 5.82 Å². The van der Waals surface area contributed by atoms with Gasteiger partial charge in [0.2, 0.25) is 0 Å². The van der Waals surface area contributed by atoms with Crippen LogP contribution in [0.25, 0.3) is 10.9 Å². The number of rotatable bonds is 9. The summed E-state index contributed by atoms with van der Waals surface area (Å²) in [4.78, 5) is 18.5. The Morgan fingerprint density at radius 2 is 2.03 bits per heavy atom. The first-order valence-electron chi connectivity index (χ1n) is 12.7. The molecule has 2 atom stereocenters. The number of nitrogens with zero attached hydrogens (tertiary/aromatic N) is 5. The molecule has 3 aromatic heterocycles. The molecule has 1 aromatic carbocycles. The first kappa shape index (κ1) is 24.4. The van der Waals surface area contributed by atoms with Crippen molar-refractivity contribution >= 4 is 10.9 Å². The van der Waals surface area contributed by atoms with Gasteiger partial charge in [0.05, 0.1) is 31.5 Å². The van der Waals surface area contributed by atoms with Crippen molar-refractivity contribution in [3.63, 3.8) is 0 Å². The summed E-state index contributed by atoms with van der Waals surface area (Å²) in [5.74, 6) is 1.77. The minimum Gasteiger partial charge on any atom is -0.468 e. The van der Waals surface area contributed by atoms with Gasteiger partial charge in [-0.25, -0.2) is 4.68 Å². The number of aromatic nitrogens is 5. The highest BCUT2D eigenvalue weighted by molar-refractivity contribution is 5.80. The van der Waals surface area contributed by atoms with Crippen molar-refractivity contribution in [3.8, 4) is 0 Å². The summed E-state index contributed by atoms with van der Waals surface area (Å²) in [6.45, 7) is 10.8. The SMILES string of the molecule is Cc1cc2cc(CN(Cc3ccco3)[C@@H](c3nnnn3C[C@@H]3CCCO3)C(C)C)c(=O)[nH]c2cc1C. The van der Waals surface area contributed by atoms with Crippen molar-refractivity contribution in [1.82, 2.24) is 30.1 Å². The van der Waals surface area contributed by atoms with E-state index in [0.29, 0.717) is 25.2 Å². The molecule has 4 heterocycles. The third kappa shape index (κ3) is 5.12. The van der Waals surface area contributed by atoms with Gasteiger partial charge in [-0.2, -0.15) is 0 Å². The summed E-state index contributed by atoms with van der Waals surface area (Å²) in [5.41, 5.74) is 3.81. The maximum absolute atomic E-state index is 13.2. The maximum Gasteiger partial charge on any atom is 0.252 e. The highest BCUT2D eigenvalue weighted by Gasteiger charge is 2.31. The quantitative estimate of drug-likeness (QED) is 0.373. The Balaban J connectivity index is 1.52. The molecule has 1 aliphatic heterocycles. The van der Waals surface area contributed by atoms with Crippen molar-refractivity contribution in [2.45, 2.75) is 72.3 Å². The number of tetrazole rings is 1. The Morgan fingerprint density at radius 3 is 2.75 bits per heavy atom. The largest absolute Gasteiger partial charge is 0.468 e. The second-order valence-electron chi connectivity index (χ2n) is 10.2. The minimum absolute atomic E-state index is 0.0864. The van der Waals surface area contributed by atoms with Gasteiger partial charge in [-0.15, -0.1) is 5.10 Å². The number of H-pyrrole nitrogens is 1. The molecule has 0 amide bonds. The van der Waals surface area contributed by atoms with E-state index in [-0.39, 0.29) is 23.6 Å². The molecule has 1 saturated heterocycles. The summed E-state index contributed by atoms with van der Waals surface area (Å²) >= 11 is 0. The molecule has 0 aliphatic carbocycles. The molecule has 1 N–H and O–H groups in total. The molecular formula is C27H34N6O3. The lowest BCUT2D eigenvalue weighted by molar-refractivity contribution is 0.0836. The lowest BCUT2D eigenvalue weighted by atomic mass is 9.99. The molecule has 9 heteroatoms. The standard InChI is InChI=1S/C27H34N6O3/c1-17(2)25(26-29-30-31-33(26)16-23-8-6-10-36-23)32(15-22-7-5-9-35-22)14-21-13-20-11-18(3)19(4)12-24(20)28-27(21)34/h5,7,9,11-13,17,23,25H,6,8,10,14-16H2,1-4H3,(H,28,34)/t23-,25+/m0/s1. The zero-order valence-corrected chi connectivity index (χ0v) is 21.4. The van der Waals surface area contributed by atoms with Crippen LogP contribution in [0.4, 0.5) is 0 Å². The fraction of sp³-hybridized carbons (Fsp3) is 0.481. The molecule has 9 nitrogen and oxygen atoms in total. The van der Waals surface area contributed by atoms with E-state index in [1.54, 1.807) is 6.26 Å². The maximum atomic E-state index is 13.2. The Labute approximate surface area is 210 Å². The highest BCUT2D eigenvalue weighted by Crippen LogP contribution is 2.31. The number of aromatic amines is 1. The minimum atomic E-state index is -0.138. The van der Waals surface area contributed by atoms with Crippen molar-refractivity contribution in [1.29, 1.82) is 0 Å². The Kier molecular flexibility index (Phi) is 7.02. The molecular weight excluding hydrogens is 456 g/mol.